The largest absolute Gasteiger partial charge is 0.327 e. The van der Waals surface area contributed by atoms with E-state index in [-0.39, 0.29) is 24.4 Å². The Hall–Kier alpha value is -1.14. The predicted octanol–water partition coefficient (Wildman–Crippen LogP) is 3.48. The molecule has 7 heteroatoms. The molecular formula is C14H17Cl2N3OS. The van der Waals surface area contributed by atoms with Gasteiger partial charge in [-0.3, -0.25) is 4.79 Å². The molecule has 2 aromatic rings. The van der Waals surface area contributed by atoms with Crippen LogP contribution in [0.15, 0.2) is 30.5 Å². The number of thiazole rings is 1. The molecule has 3 N–H and O–H groups in total. The lowest BCUT2D eigenvalue weighted by Gasteiger charge is -2.03. The van der Waals surface area contributed by atoms with E-state index in [0.29, 0.717) is 11.6 Å². The third kappa shape index (κ3) is 6.01. The highest BCUT2D eigenvalue weighted by atomic mass is 35.5. The van der Waals surface area contributed by atoms with Crippen LogP contribution in [0.1, 0.15) is 23.8 Å². The van der Waals surface area contributed by atoms with Crippen LogP contribution in [0, 0.1) is 0 Å². The van der Waals surface area contributed by atoms with Crippen LogP contribution in [0.2, 0.25) is 5.02 Å². The van der Waals surface area contributed by atoms with Crippen LogP contribution >= 0.6 is 35.3 Å². The highest BCUT2D eigenvalue weighted by molar-refractivity contribution is 7.15. The number of amides is 1. The first-order valence-corrected chi connectivity index (χ1v) is 7.47. The fourth-order valence-corrected chi connectivity index (χ4v) is 2.83. The van der Waals surface area contributed by atoms with E-state index in [1.807, 2.05) is 24.3 Å². The third-order valence-electron chi connectivity index (χ3n) is 2.57. The van der Waals surface area contributed by atoms with Crippen LogP contribution < -0.4 is 11.1 Å². The summed E-state index contributed by atoms with van der Waals surface area (Å²) < 4.78 is 0. The molecule has 4 nitrogen and oxygen atoms in total. The first-order valence-electron chi connectivity index (χ1n) is 6.27. The van der Waals surface area contributed by atoms with Gasteiger partial charge < -0.3 is 11.1 Å². The molecular weight excluding hydrogens is 329 g/mol. The van der Waals surface area contributed by atoms with E-state index in [2.05, 4.69) is 10.3 Å². The quantitative estimate of drug-likeness (QED) is 0.871. The van der Waals surface area contributed by atoms with Gasteiger partial charge >= 0.3 is 0 Å². The zero-order valence-corrected chi connectivity index (χ0v) is 13.9. The van der Waals surface area contributed by atoms with Crippen molar-refractivity contribution in [2.24, 2.45) is 5.73 Å². The summed E-state index contributed by atoms with van der Waals surface area (Å²) in [5.74, 6) is -0.108. The summed E-state index contributed by atoms with van der Waals surface area (Å²) in [5.41, 5.74) is 6.70. The van der Waals surface area contributed by atoms with Gasteiger partial charge in [0.05, 0.1) is 0 Å². The topological polar surface area (TPSA) is 68.0 Å². The van der Waals surface area contributed by atoms with Crippen molar-refractivity contribution in [3.05, 3.63) is 45.9 Å². The van der Waals surface area contributed by atoms with Crippen molar-refractivity contribution in [2.45, 2.75) is 25.8 Å². The van der Waals surface area contributed by atoms with Gasteiger partial charge in [0.15, 0.2) is 5.13 Å². The second kappa shape index (κ2) is 8.34. The van der Waals surface area contributed by atoms with E-state index in [0.717, 1.165) is 21.9 Å². The third-order valence-corrected chi connectivity index (χ3v) is 3.72. The SMILES string of the molecule is CC(N)CC(=O)Nc1ncc(Cc2cccc(Cl)c2)s1.Cl. The van der Waals surface area contributed by atoms with E-state index >= 15 is 0 Å². The summed E-state index contributed by atoms with van der Waals surface area (Å²) in [6.07, 6.45) is 2.82. The maximum Gasteiger partial charge on any atom is 0.227 e. The standard InChI is InChI=1S/C14H16ClN3OS.ClH/c1-9(16)5-13(19)18-14-17-8-12(20-14)7-10-3-2-4-11(15)6-10;/h2-4,6,8-9H,5,7,16H2,1H3,(H,17,18,19);1H. The number of hydrogen-bond acceptors (Lipinski definition) is 4. The van der Waals surface area contributed by atoms with Crippen LogP contribution in [-0.2, 0) is 11.2 Å². The highest BCUT2D eigenvalue weighted by Crippen LogP contribution is 2.22. The molecule has 0 aliphatic carbocycles. The van der Waals surface area contributed by atoms with Gasteiger partial charge in [-0.25, -0.2) is 4.98 Å². The lowest BCUT2D eigenvalue weighted by molar-refractivity contribution is -0.116. The number of halogens is 2. The molecule has 0 radical (unpaired) electrons. The van der Waals surface area contributed by atoms with Crippen LogP contribution in [0.4, 0.5) is 5.13 Å². The van der Waals surface area contributed by atoms with Crippen molar-refractivity contribution in [3.63, 3.8) is 0 Å². The molecule has 1 aromatic carbocycles. The number of aromatic nitrogens is 1. The van der Waals surface area contributed by atoms with Gasteiger partial charge in [0.1, 0.15) is 0 Å². The Balaban J connectivity index is 0.00000220. The minimum Gasteiger partial charge on any atom is -0.327 e. The number of anilines is 1. The maximum atomic E-state index is 11.6. The number of rotatable bonds is 5. The van der Waals surface area contributed by atoms with Gasteiger partial charge in [0.25, 0.3) is 0 Å². The second-order valence-corrected chi connectivity index (χ2v) is 6.22. The molecule has 114 valence electrons. The molecule has 0 aliphatic heterocycles. The van der Waals surface area contributed by atoms with Crippen LogP contribution in [-0.4, -0.2) is 16.9 Å². The van der Waals surface area contributed by atoms with Crippen molar-refractivity contribution in [2.75, 3.05) is 5.32 Å². The Morgan fingerprint density at radius 3 is 2.95 bits per heavy atom. The summed E-state index contributed by atoms with van der Waals surface area (Å²) in [6, 6.07) is 7.55. The summed E-state index contributed by atoms with van der Waals surface area (Å²) in [6.45, 7) is 1.80. The monoisotopic (exact) mass is 345 g/mol. The summed E-state index contributed by atoms with van der Waals surface area (Å²) >= 11 is 7.41. The summed E-state index contributed by atoms with van der Waals surface area (Å²) in [5, 5.41) is 4.08. The number of hydrogen-bond donors (Lipinski definition) is 2. The van der Waals surface area contributed by atoms with Gasteiger partial charge in [-0.05, 0) is 24.6 Å². The molecule has 0 saturated heterocycles. The van der Waals surface area contributed by atoms with Crippen LogP contribution in [0.5, 0.6) is 0 Å². The van der Waals surface area contributed by atoms with E-state index in [1.54, 1.807) is 13.1 Å². The molecule has 1 unspecified atom stereocenters. The minimum absolute atomic E-state index is 0. The van der Waals surface area contributed by atoms with E-state index < -0.39 is 0 Å². The van der Waals surface area contributed by atoms with Gasteiger partial charge in [0.2, 0.25) is 5.91 Å². The van der Waals surface area contributed by atoms with Crippen LogP contribution in [0.3, 0.4) is 0 Å². The Morgan fingerprint density at radius 2 is 2.29 bits per heavy atom. The molecule has 21 heavy (non-hydrogen) atoms. The Morgan fingerprint density at radius 1 is 1.52 bits per heavy atom. The van der Waals surface area contributed by atoms with Gasteiger partial charge in [-0.15, -0.1) is 23.7 Å². The molecule has 0 fully saturated rings. The number of nitrogens with zero attached hydrogens (tertiary/aromatic N) is 1. The van der Waals surface area contributed by atoms with Crippen molar-refractivity contribution in [1.82, 2.24) is 4.98 Å². The smallest absolute Gasteiger partial charge is 0.227 e. The van der Waals surface area contributed by atoms with Crippen molar-refractivity contribution >= 4 is 46.4 Å². The Labute approximate surface area is 139 Å². The molecule has 1 heterocycles. The minimum atomic E-state index is -0.152. The lowest BCUT2D eigenvalue weighted by atomic mass is 10.1. The number of nitrogens with one attached hydrogen (secondary N) is 1. The average molecular weight is 346 g/mol. The first-order chi connectivity index (χ1) is 9.52. The van der Waals surface area contributed by atoms with Gasteiger partial charge in [-0.2, -0.15) is 0 Å². The molecule has 1 amide bonds. The number of carbonyl (C=O) groups is 1. The molecule has 0 saturated carbocycles. The molecule has 1 atom stereocenters. The Kier molecular flexibility index (Phi) is 7.11. The molecule has 0 aliphatic rings. The normalized spacial score (nSPS) is 11.6. The van der Waals surface area contributed by atoms with Crippen molar-refractivity contribution < 1.29 is 4.79 Å². The van der Waals surface area contributed by atoms with Crippen LogP contribution in [0.25, 0.3) is 0 Å². The predicted molar refractivity (Wildman–Crippen MR) is 90.5 cm³/mol. The van der Waals surface area contributed by atoms with Gasteiger partial charge in [0, 0.05) is 35.0 Å². The van der Waals surface area contributed by atoms with E-state index in [1.165, 1.54) is 11.3 Å². The number of nitrogens with two attached hydrogens (primary N) is 1. The summed E-state index contributed by atoms with van der Waals surface area (Å²) in [7, 11) is 0. The fraction of sp³-hybridized carbons (Fsp3) is 0.286. The summed E-state index contributed by atoms with van der Waals surface area (Å²) in [4.78, 5) is 16.9. The average Bonchev–Trinajstić information content (AvgIpc) is 2.75. The number of carbonyl (C=O) groups excluding carboxylic acids is 1. The highest BCUT2D eigenvalue weighted by Gasteiger charge is 2.09. The van der Waals surface area contributed by atoms with Crippen molar-refractivity contribution in [3.8, 4) is 0 Å². The molecule has 1 aromatic heterocycles. The lowest BCUT2D eigenvalue weighted by Crippen LogP contribution is -2.23. The van der Waals surface area contributed by atoms with Crippen molar-refractivity contribution in [1.29, 1.82) is 0 Å². The first kappa shape index (κ1) is 17.9. The Bertz CT molecular complexity index is 601. The maximum absolute atomic E-state index is 11.6. The molecule has 0 spiro atoms. The zero-order valence-electron chi connectivity index (χ0n) is 11.5. The van der Waals surface area contributed by atoms with E-state index in [4.69, 9.17) is 17.3 Å². The number of benzene rings is 1. The zero-order chi connectivity index (χ0) is 14.5. The molecule has 0 bridgehead atoms. The molecule has 2 rings (SSSR count). The fourth-order valence-electron chi connectivity index (χ4n) is 1.76. The van der Waals surface area contributed by atoms with Gasteiger partial charge in [-0.1, -0.05) is 23.7 Å². The second-order valence-electron chi connectivity index (χ2n) is 4.67. The van der Waals surface area contributed by atoms with E-state index in [9.17, 15) is 4.79 Å².